The van der Waals surface area contributed by atoms with Crippen LogP contribution < -0.4 is 10.5 Å². The Morgan fingerprint density at radius 3 is 2.38 bits per heavy atom. The van der Waals surface area contributed by atoms with Crippen LogP contribution in [0.4, 0.5) is 5.69 Å². The van der Waals surface area contributed by atoms with Crippen molar-refractivity contribution in [3.63, 3.8) is 0 Å². The van der Waals surface area contributed by atoms with Crippen molar-refractivity contribution in [1.29, 1.82) is 0 Å². The van der Waals surface area contributed by atoms with Crippen LogP contribution in [0.5, 0.6) is 0 Å². The molecule has 0 fully saturated rings. The fourth-order valence-corrected chi connectivity index (χ4v) is 4.30. The molecule has 7 heteroatoms. The number of rotatable bonds is 4. The molecule has 0 saturated carbocycles. The summed E-state index contributed by atoms with van der Waals surface area (Å²) in [5.41, 5.74) is 6.94. The summed E-state index contributed by atoms with van der Waals surface area (Å²) in [6.07, 6.45) is 0. The van der Waals surface area contributed by atoms with Gasteiger partial charge >= 0.3 is 0 Å². The number of halogens is 2. The normalized spacial score (nSPS) is 13.1. The average molecular weight is 390 g/mol. The summed E-state index contributed by atoms with van der Waals surface area (Å²) in [6.45, 7) is 1.77. The molecule has 0 aliphatic rings. The molecule has 0 aromatic heterocycles. The smallest absolute Gasteiger partial charge is 0.242 e. The van der Waals surface area contributed by atoms with E-state index in [-0.39, 0.29) is 10.9 Å². The van der Waals surface area contributed by atoms with Gasteiger partial charge in [0.05, 0.1) is 4.90 Å². The molecule has 4 nitrogen and oxygen atoms in total. The first-order chi connectivity index (χ1) is 9.79. The number of nitrogen functional groups attached to an aromatic ring is 1. The Morgan fingerprint density at radius 2 is 1.81 bits per heavy atom. The lowest BCUT2D eigenvalue weighted by atomic mass is 10.1. The van der Waals surface area contributed by atoms with Crippen LogP contribution in [0.1, 0.15) is 18.5 Å². The van der Waals surface area contributed by atoms with Crippen LogP contribution >= 0.6 is 27.5 Å². The Bertz CT molecular complexity index is 748. The van der Waals surface area contributed by atoms with E-state index in [4.69, 9.17) is 17.3 Å². The van der Waals surface area contributed by atoms with Gasteiger partial charge < -0.3 is 5.73 Å². The highest BCUT2D eigenvalue weighted by molar-refractivity contribution is 9.10. The van der Waals surface area contributed by atoms with Crippen LogP contribution in [0.2, 0.25) is 5.02 Å². The molecule has 1 unspecified atom stereocenters. The molecule has 0 aliphatic heterocycles. The highest BCUT2D eigenvalue weighted by Gasteiger charge is 2.21. The van der Waals surface area contributed by atoms with Crippen molar-refractivity contribution in [2.45, 2.75) is 17.9 Å². The average Bonchev–Trinajstić information content (AvgIpc) is 2.38. The topological polar surface area (TPSA) is 72.2 Å². The third-order valence-corrected chi connectivity index (χ3v) is 5.72. The molecule has 21 heavy (non-hydrogen) atoms. The van der Waals surface area contributed by atoms with E-state index in [9.17, 15) is 8.42 Å². The summed E-state index contributed by atoms with van der Waals surface area (Å²) >= 11 is 9.05. The van der Waals surface area contributed by atoms with Crippen molar-refractivity contribution in [3.8, 4) is 0 Å². The lowest BCUT2D eigenvalue weighted by molar-refractivity contribution is 0.566. The number of sulfonamides is 1. The van der Waals surface area contributed by atoms with Crippen molar-refractivity contribution in [2.75, 3.05) is 5.73 Å². The van der Waals surface area contributed by atoms with Gasteiger partial charge in [-0.2, -0.15) is 0 Å². The molecule has 0 spiro atoms. The zero-order chi connectivity index (χ0) is 15.6. The van der Waals surface area contributed by atoms with E-state index in [0.29, 0.717) is 15.2 Å². The lowest BCUT2D eigenvalue weighted by Gasteiger charge is -2.15. The minimum absolute atomic E-state index is 0.150. The summed E-state index contributed by atoms with van der Waals surface area (Å²) in [7, 11) is -3.65. The molecule has 0 amide bonds. The Labute approximate surface area is 137 Å². The van der Waals surface area contributed by atoms with Gasteiger partial charge in [-0.05, 0) is 58.7 Å². The molecular formula is C14H14BrClN2O2S. The zero-order valence-electron chi connectivity index (χ0n) is 11.2. The number of hydrogen-bond acceptors (Lipinski definition) is 3. The van der Waals surface area contributed by atoms with Crippen molar-refractivity contribution < 1.29 is 8.42 Å². The molecule has 0 bridgehead atoms. The quantitative estimate of drug-likeness (QED) is 0.783. The standard InChI is InChI=1S/C14H14BrClN2O2S/c1-9(10-2-4-11(16)5-3-10)18-21(19,20)14-7-6-12(17)8-13(14)15/h2-9,18H,17H2,1H3. The van der Waals surface area contributed by atoms with Crippen LogP contribution in [0.15, 0.2) is 51.8 Å². The van der Waals surface area contributed by atoms with Crippen LogP contribution in [-0.4, -0.2) is 8.42 Å². The van der Waals surface area contributed by atoms with Crippen molar-refractivity contribution in [3.05, 3.63) is 57.5 Å². The summed E-state index contributed by atoms with van der Waals surface area (Å²) in [6, 6.07) is 11.2. The molecule has 0 heterocycles. The zero-order valence-corrected chi connectivity index (χ0v) is 14.3. The van der Waals surface area contributed by atoms with Gasteiger partial charge in [-0.1, -0.05) is 23.7 Å². The molecule has 0 saturated heterocycles. The van der Waals surface area contributed by atoms with Crippen molar-refractivity contribution in [2.24, 2.45) is 0 Å². The first kappa shape index (κ1) is 16.3. The number of hydrogen-bond donors (Lipinski definition) is 2. The van der Waals surface area contributed by atoms with Crippen LogP contribution in [0.25, 0.3) is 0 Å². The minimum Gasteiger partial charge on any atom is -0.399 e. The maximum Gasteiger partial charge on any atom is 0.242 e. The lowest BCUT2D eigenvalue weighted by Crippen LogP contribution is -2.27. The van der Waals surface area contributed by atoms with Gasteiger partial charge in [0, 0.05) is 21.2 Å². The second-order valence-corrected chi connectivity index (χ2v) is 7.56. The fraction of sp³-hybridized carbons (Fsp3) is 0.143. The van der Waals surface area contributed by atoms with E-state index < -0.39 is 10.0 Å². The SMILES string of the molecule is CC(NS(=O)(=O)c1ccc(N)cc1Br)c1ccc(Cl)cc1. The Morgan fingerprint density at radius 1 is 1.19 bits per heavy atom. The molecule has 112 valence electrons. The van der Waals surface area contributed by atoms with Crippen LogP contribution in [0, 0.1) is 0 Å². The highest BCUT2D eigenvalue weighted by Crippen LogP contribution is 2.26. The molecule has 0 aliphatic carbocycles. The third kappa shape index (κ3) is 3.97. The fourth-order valence-electron chi connectivity index (χ4n) is 1.85. The van der Waals surface area contributed by atoms with Crippen LogP contribution in [0.3, 0.4) is 0 Å². The predicted molar refractivity (Wildman–Crippen MR) is 88.7 cm³/mol. The molecule has 0 radical (unpaired) electrons. The van der Waals surface area contributed by atoms with Crippen molar-refractivity contribution in [1.82, 2.24) is 4.72 Å². The molecule has 2 aromatic rings. The molecular weight excluding hydrogens is 376 g/mol. The monoisotopic (exact) mass is 388 g/mol. The van der Waals surface area contributed by atoms with E-state index in [1.807, 2.05) is 0 Å². The summed E-state index contributed by atoms with van der Waals surface area (Å²) < 4.78 is 27.9. The van der Waals surface area contributed by atoms with E-state index in [1.165, 1.54) is 6.07 Å². The number of nitrogens with one attached hydrogen (secondary N) is 1. The Hall–Kier alpha value is -1.08. The van der Waals surface area contributed by atoms with E-state index in [1.54, 1.807) is 43.3 Å². The van der Waals surface area contributed by atoms with Gasteiger partial charge in [0.2, 0.25) is 10.0 Å². The number of nitrogens with two attached hydrogens (primary N) is 1. The van der Waals surface area contributed by atoms with E-state index >= 15 is 0 Å². The third-order valence-electron chi connectivity index (χ3n) is 2.95. The number of anilines is 1. The van der Waals surface area contributed by atoms with Crippen molar-refractivity contribution >= 4 is 43.2 Å². The highest BCUT2D eigenvalue weighted by atomic mass is 79.9. The van der Waals surface area contributed by atoms with Gasteiger partial charge in [0.15, 0.2) is 0 Å². The maximum absolute atomic E-state index is 12.4. The number of benzene rings is 2. The van der Waals surface area contributed by atoms with Crippen LogP contribution in [-0.2, 0) is 10.0 Å². The largest absolute Gasteiger partial charge is 0.399 e. The Kier molecular flexibility index (Phi) is 4.93. The molecule has 2 rings (SSSR count). The summed E-state index contributed by atoms with van der Waals surface area (Å²) in [4.78, 5) is 0.150. The van der Waals surface area contributed by atoms with Gasteiger partial charge in [-0.15, -0.1) is 0 Å². The first-order valence-corrected chi connectivity index (χ1v) is 8.78. The van der Waals surface area contributed by atoms with Gasteiger partial charge in [0.25, 0.3) is 0 Å². The summed E-state index contributed by atoms with van der Waals surface area (Å²) in [5.74, 6) is 0. The van der Waals surface area contributed by atoms with Gasteiger partial charge in [-0.25, -0.2) is 13.1 Å². The molecule has 2 aromatic carbocycles. The minimum atomic E-state index is -3.65. The van der Waals surface area contributed by atoms with Gasteiger partial charge in [-0.3, -0.25) is 0 Å². The maximum atomic E-state index is 12.4. The first-order valence-electron chi connectivity index (χ1n) is 6.12. The Balaban J connectivity index is 2.26. The second kappa shape index (κ2) is 6.36. The molecule has 1 atom stereocenters. The second-order valence-electron chi connectivity index (χ2n) is 4.58. The van der Waals surface area contributed by atoms with E-state index in [2.05, 4.69) is 20.7 Å². The molecule has 3 N–H and O–H groups in total. The van der Waals surface area contributed by atoms with Gasteiger partial charge in [0.1, 0.15) is 0 Å². The summed E-state index contributed by atoms with van der Waals surface area (Å²) in [5, 5.41) is 0.607. The predicted octanol–water partition coefficient (Wildman–Crippen LogP) is 3.72. The van der Waals surface area contributed by atoms with E-state index in [0.717, 1.165) is 5.56 Å².